The molecular formula is C11H21ClF2N2. The number of likely N-dealkylation sites (tertiary alicyclic amines) is 1. The van der Waals surface area contributed by atoms with Crippen molar-refractivity contribution in [2.24, 2.45) is 5.41 Å². The van der Waals surface area contributed by atoms with Gasteiger partial charge in [-0.15, -0.1) is 12.4 Å². The van der Waals surface area contributed by atoms with Crippen LogP contribution in [0.3, 0.4) is 0 Å². The highest BCUT2D eigenvalue weighted by molar-refractivity contribution is 5.85. The van der Waals surface area contributed by atoms with E-state index in [4.69, 9.17) is 0 Å². The van der Waals surface area contributed by atoms with Crippen LogP contribution >= 0.6 is 12.4 Å². The first-order valence-corrected chi connectivity index (χ1v) is 5.91. The normalized spacial score (nSPS) is 25.7. The van der Waals surface area contributed by atoms with E-state index in [1.54, 1.807) is 0 Å². The Morgan fingerprint density at radius 2 is 1.62 bits per heavy atom. The maximum absolute atomic E-state index is 12.2. The van der Waals surface area contributed by atoms with Crippen LogP contribution in [0.4, 0.5) is 8.78 Å². The summed E-state index contributed by atoms with van der Waals surface area (Å²) in [6, 6.07) is 0. The third kappa shape index (κ3) is 3.54. The number of alkyl halides is 2. The smallest absolute Gasteiger partial charge is 0.251 e. The van der Waals surface area contributed by atoms with Crippen molar-refractivity contribution in [3.05, 3.63) is 0 Å². The summed E-state index contributed by atoms with van der Waals surface area (Å²) < 4.78 is 24.4. The first-order chi connectivity index (χ1) is 7.20. The van der Waals surface area contributed by atoms with Gasteiger partial charge in [-0.25, -0.2) is 8.78 Å². The van der Waals surface area contributed by atoms with E-state index in [2.05, 4.69) is 5.32 Å². The van der Waals surface area contributed by atoms with Gasteiger partial charge in [0.1, 0.15) is 0 Å². The highest BCUT2D eigenvalue weighted by Crippen LogP contribution is 2.39. The van der Waals surface area contributed by atoms with E-state index in [9.17, 15) is 8.78 Å². The molecular weight excluding hydrogens is 234 g/mol. The lowest BCUT2D eigenvalue weighted by molar-refractivity contribution is 0.0311. The Labute approximate surface area is 102 Å². The van der Waals surface area contributed by atoms with Crippen molar-refractivity contribution in [1.82, 2.24) is 10.2 Å². The lowest BCUT2D eigenvalue weighted by atomic mass is 9.71. The lowest BCUT2D eigenvalue weighted by Crippen LogP contribution is -2.46. The summed E-state index contributed by atoms with van der Waals surface area (Å²) in [7, 11) is 0. The zero-order valence-corrected chi connectivity index (χ0v) is 10.4. The molecule has 0 radical (unpaired) electrons. The number of rotatable bonds is 2. The second kappa shape index (κ2) is 6.12. The SMILES string of the molecule is Cl.FC(F)CN1CCC2(CCNCC2)CC1. The van der Waals surface area contributed by atoms with Gasteiger partial charge in [-0.05, 0) is 57.3 Å². The monoisotopic (exact) mass is 254 g/mol. The van der Waals surface area contributed by atoms with Crippen molar-refractivity contribution in [3.63, 3.8) is 0 Å². The van der Waals surface area contributed by atoms with Crippen LogP contribution in [0, 0.1) is 5.41 Å². The van der Waals surface area contributed by atoms with Crippen LogP contribution in [0.1, 0.15) is 25.7 Å². The number of hydrogen-bond acceptors (Lipinski definition) is 2. The Morgan fingerprint density at radius 3 is 2.12 bits per heavy atom. The van der Waals surface area contributed by atoms with Crippen molar-refractivity contribution in [3.8, 4) is 0 Å². The Kier molecular flexibility index (Phi) is 5.41. The molecule has 2 aliphatic rings. The summed E-state index contributed by atoms with van der Waals surface area (Å²) in [6.07, 6.45) is 2.51. The molecule has 2 aliphatic heterocycles. The summed E-state index contributed by atoms with van der Waals surface area (Å²) >= 11 is 0. The number of piperidine rings is 2. The molecule has 2 nitrogen and oxygen atoms in total. The standard InChI is InChI=1S/C11H20F2N2.ClH/c12-10(13)9-15-7-3-11(4-8-15)1-5-14-6-2-11;/h10,14H,1-9H2;1H. The maximum atomic E-state index is 12.2. The molecule has 1 spiro atoms. The van der Waals surface area contributed by atoms with Gasteiger partial charge in [-0.3, -0.25) is 4.90 Å². The molecule has 2 rings (SSSR count). The minimum Gasteiger partial charge on any atom is -0.317 e. The average molecular weight is 255 g/mol. The molecule has 96 valence electrons. The van der Waals surface area contributed by atoms with Gasteiger partial charge < -0.3 is 5.32 Å². The van der Waals surface area contributed by atoms with Gasteiger partial charge in [0.15, 0.2) is 0 Å². The fourth-order valence-corrected chi connectivity index (χ4v) is 2.86. The molecule has 2 fully saturated rings. The molecule has 0 unspecified atom stereocenters. The first-order valence-electron chi connectivity index (χ1n) is 5.91. The molecule has 0 amide bonds. The summed E-state index contributed by atoms with van der Waals surface area (Å²) in [4.78, 5) is 1.91. The fraction of sp³-hybridized carbons (Fsp3) is 1.00. The number of nitrogens with zero attached hydrogens (tertiary/aromatic N) is 1. The Balaban J connectivity index is 0.00000128. The molecule has 16 heavy (non-hydrogen) atoms. The third-order valence-corrected chi connectivity index (χ3v) is 3.98. The molecule has 0 aromatic heterocycles. The van der Waals surface area contributed by atoms with Crippen molar-refractivity contribution >= 4 is 12.4 Å². The second-order valence-corrected chi connectivity index (χ2v) is 4.94. The first kappa shape index (κ1) is 14.1. The van der Waals surface area contributed by atoms with E-state index in [-0.39, 0.29) is 19.0 Å². The van der Waals surface area contributed by atoms with Gasteiger partial charge in [0.2, 0.25) is 0 Å². The van der Waals surface area contributed by atoms with Crippen LogP contribution < -0.4 is 5.32 Å². The van der Waals surface area contributed by atoms with Crippen molar-refractivity contribution < 1.29 is 8.78 Å². The van der Waals surface area contributed by atoms with E-state index in [1.165, 1.54) is 12.8 Å². The van der Waals surface area contributed by atoms with Crippen molar-refractivity contribution in [2.75, 3.05) is 32.7 Å². The summed E-state index contributed by atoms with van der Waals surface area (Å²) in [5.41, 5.74) is 0.476. The largest absolute Gasteiger partial charge is 0.317 e. The van der Waals surface area contributed by atoms with Gasteiger partial charge in [0, 0.05) is 0 Å². The van der Waals surface area contributed by atoms with Crippen LogP contribution in [0.5, 0.6) is 0 Å². The van der Waals surface area contributed by atoms with Gasteiger partial charge in [-0.1, -0.05) is 0 Å². The lowest BCUT2D eigenvalue weighted by Gasteiger charge is -2.44. The Morgan fingerprint density at radius 1 is 1.06 bits per heavy atom. The van der Waals surface area contributed by atoms with Crippen molar-refractivity contribution in [1.29, 1.82) is 0 Å². The highest BCUT2D eigenvalue weighted by atomic mass is 35.5. The molecule has 2 heterocycles. The molecule has 0 atom stereocenters. The highest BCUT2D eigenvalue weighted by Gasteiger charge is 2.35. The van der Waals surface area contributed by atoms with Crippen LogP contribution in [0.2, 0.25) is 0 Å². The minimum atomic E-state index is -2.17. The molecule has 0 saturated carbocycles. The quantitative estimate of drug-likeness (QED) is 0.812. The van der Waals surface area contributed by atoms with Crippen LogP contribution in [-0.4, -0.2) is 44.0 Å². The zero-order valence-electron chi connectivity index (χ0n) is 9.55. The molecule has 0 aromatic carbocycles. The predicted molar refractivity (Wildman–Crippen MR) is 63.5 cm³/mol. The molecule has 2 saturated heterocycles. The third-order valence-electron chi connectivity index (χ3n) is 3.98. The number of halogens is 3. The second-order valence-electron chi connectivity index (χ2n) is 4.94. The van der Waals surface area contributed by atoms with Gasteiger partial charge in [0.05, 0.1) is 6.54 Å². The van der Waals surface area contributed by atoms with Crippen LogP contribution in [0.15, 0.2) is 0 Å². The zero-order chi connectivity index (χ0) is 10.7. The molecule has 0 aliphatic carbocycles. The van der Waals surface area contributed by atoms with E-state index in [0.29, 0.717) is 5.41 Å². The van der Waals surface area contributed by atoms with E-state index in [0.717, 1.165) is 39.0 Å². The van der Waals surface area contributed by atoms with Gasteiger partial charge in [0.25, 0.3) is 6.43 Å². The Hall–Kier alpha value is 0.0700. The number of hydrogen-bond donors (Lipinski definition) is 1. The predicted octanol–water partition coefficient (Wildman–Crippen LogP) is 2.14. The molecule has 0 aromatic rings. The Bertz CT molecular complexity index is 198. The molecule has 5 heteroatoms. The van der Waals surface area contributed by atoms with Crippen LogP contribution in [0.25, 0.3) is 0 Å². The van der Waals surface area contributed by atoms with E-state index < -0.39 is 6.43 Å². The summed E-state index contributed by atoms with van der Waals surface area (Å²) in [5, 5.41) is 3.37. The summed E-state index contributed by atoms with van der Waals surface area (Å²) in [6.45, 7) is 3.91. The molecule has 0 bridgehead atoms. The van der Waals surface area contributed by atoms with Gasteiger partial charge >= 0.3 is 0 Å². The minimum absolute atomic E-state index is 0. The number of nitrogens with one attached hydrogen (secondary N) is 1. The molecule has 1 N–H and O–H groups in total. The fourth-order valence-electron chi connectivity index (χ4n) is 2.86. The van der Waals surface area contributed by atoms with E-state index >= 15 is 0 Å². The van der Waals surface area contributed by atoms with Crippen LogP contribution in [-0.2, 0) is 0 Å². The average Bonchev–Trinajstić information content (AvgIpc) is 2.23. The topological polar surface area (TPSA) is 15.3 Å². The van der Waals surface area contributed by atoms with E-state index in [1.807, 2.05) is 4.90 Å². The summed E-state index contributed by atoms with van der Waals surface area (Å²) in [5.74, 6) is 0. The van der Waals surface area contributed by atoms with Crippen molar-refractivity contribution in [2.45, 2.75) is 32.1 Å². The van der Waals surface area contributed by atoms with Gasteiger partial charge in [-0.2, -0.15) is 0 Å². The maximum Gasteiger partial charge on any atom is 0.251 e.